The number of nitrogens with zero attached hydrogens (tertiary/aromatic N) is 4. The summed E-state index contributed by atoms with van der Waals surface area (Å²) in [4.78, 5) is 24.8. The van der Waals surface area contributed by atoms with Crippen LogP contribution in [-0.4, -0.2) is 50.8 Å². The number of hydrogen-bond acceptors (Lipinski definition) is 10. The molecule has 3 aliphatic carbocycles. The van der Waals surface area contributed by atoms with Gasteiger partial charge in [-0.25, -0.2) is 15.0 Å². The quantitative estimate of drug-likeness (QED) is 0.254. The normalized spacial score (nSPS) is 21.9. The van der Waals surface area contributed by atoms with Crippen molar-refractivity contribution in [1.29, 1.82) is 0 Å². The van der Waals surface area contributed by atoms with Crippen LogP contribution in [0.4, 0.5) is 5.82 Å². The first kappa shape index (κ1) is 24.6. The average molecular weight is 508 g/mol. The zero-order chi connectivity index (χ0) is 24.3. The summed E-state index contributed by atoms with van der Waals surface area (Å²) in [6, 6.07) is 0. The maximum absolute atomic E-state index is 13.6. The SMILES string of the molecule is Nc1ncnc2c1ncn2CC1(OCP(=O)(OCOC(=O)C2CCCC2)OCC2CCCC2)CC1. The molecule has 3 aliphatic rings. The molecule has 11 nitrogen and oxygen atoms in total. The fourth-order valence-electron chi connectivity index (χ4n) is 4.98. The third-order valence-electron chi connectivity index (χ3n) is 7.35. The van der Waals surface area contributed by atoms with Crippen LogP contribution in [0.1, 0.15) is 64.2 Å². The van der Waals surface area contributed by atoms with Crippen molar-refractivity contribution in [2.45, 2.75) is 76.4 Å². The summed E-state index contributed by atoms with van der Waals surface area (Å²) in [5.41, 5.74) is 6.55. The smallest absolute Gasteiger partial charge is 0.359 e. The lowest BCUT2D eigenvalue weighted by molar-refractivity contribution is -0.155. The average Bonchev–Trinajstić information content (AvgIpc) is 3.31. The number of fused-ring (bicyclic) bond motifs is 1. The van der Waals surface area contributed by atoms with Crippen molar-refractivity contribution in [2.75, 3.05) is 25.5 Å². The number of anilines is 1. The molecule has 12 heteroatoms. The summed E-state index contributed by atoms with van der Waals surface area (Å²) in [7, 11) is -3.63. The Morgan fingerprint density at radius 1 is 1.09 bits per heavy atom. The highest BCUT2D eigenvalue weighted by molar-refractivity contribution is 7.53. The zero-order valence-corrected chi connectivity index (χ0v) is 20.9. The largest absolute Gasteiger partial charge is 0.438 e. The molecule has 1 unspecified atom stereocenters. The van der Waals surface area contributed by atoms with Gasteiger partial charge < -0.3 is 24.3 Å². The first-order valence-electron chi connectivity index (χ1n) is 12.6. The van der Waals surface area contributed by atoms with Crippen LogP contribution in [0.25, 0.3) is 11.2 Å². The molecule has 1 atom stereocenters. The minimum Gasteiger partial charge on any atom is -0.438 e. The Bertz CT molecular complexity index is 1080. The summed E-state index contributed by atoms with van der Waals surface area (Å²) in [5.74, 6) is 0.305. The van der Waals surface area contributed by atoms with E-state index in [1.54, 1.807) is 6.33 Å². The standard InChI is InChI=1S/C23H34N5O6P/c24-20-19-21(26-13-25-20)28(14-27-19)12-23(9-10-23)32-16-35(30,33-11-17-5-1-2-6-17)34-15-31-22(29)18-7-3-4-8-18/h13-14,17-18H,1-12,15-16H2,(H2,24,25,26). The molecule has 0 spiro atoms. The summed E-state index contributed by atoms with van der Waals surface area (Å²) in [5, 5.41) is 0. The molecule has 3 fully saturated rings. The van der Waals surface area contributed by atoms with E-state index in [1.807, 2.05) is 4.57 Å². The van der Waals surface area contributed by atoms with Crippen molar-refractivity contribution >= 4 is 30.5 Å². The molecule has 0 amide bonds. The molecule has 192 valence electrons. The number of esters is 1. The summed E-state index contributed by atoms with van der Waals surface area (Å²) in [6.07, 6.45) is 12.6. The van der Waals surface area contributed by atoms with Crippen LogP contribution < -0.4 is 5.73 Å². The van der Waals surface area contributed by atoms with E-state index in [2.05, 4.69) is 15.0 Å². The van der Waals surface area contributed by atoms with Gasteiger partial charge in [0.25, 0.3) is 0 Å². The second kappa shape index (κ2) is 10.5. The first-order valence-corrected chi connectivity index (χ1v) is 14.3. The van der Waals surface area contributed by atoms with Crippen LogP contribution in [0.15, 0.2) is 12.7 Å². The molecule has 2 heterocycles. The molecule has 5 rings (SSSR count). The molecular formula is C23H34N5O6P. The van der Waals surface area contributed by atoms with Gasteiger partial charge in [-0.05, 0) is 44.4 Å². The maximum Gasteiger partial charge on any atom is 0.359 e. The van der Waals surface area contributed by atoms with Crippen LogP contribution in [-0.2, 0) is 34.4 Å². The number of aromatic nitrogens is 4. The lowest BCUT2D eigenvalue weighted by atomic mass is 10.1. The van der Waals surface area contributed by atoms with Crippen molar-refractivity contribution < 1.29 is 27.9 Å². The van der Waals surface area contributed by atoms with E-state index in [-0.39, 0.29) is 18.2 Å². The van der Waals surface area contributed by atoms with Crippen molar-refractivity contribution in [2.24, 2.45) is 11.8 Å². The second-order valence-electron chi connectivity index (χ2n) is 10.0. The van der Waals surface area contributed by atoms with E-state index in [0.29, 0.717) is 36.1 Å². The number of nitrogens with two attached hydrogens (primary N) is 1. The Labute approximate surface area is 204 Å². The van der Waals surface area contributed by atoms with E-state index >= 15 is 0 Å². The monoisotopic (exact) mass is 507 g/mol. The molecule has 0 aliphatic heterocycles. The van der Waals surface area contributed by atoms with Crippen molar-refractivity contribution in [3.05, 3.63) is 12.7 Å². The third-order valence-corrected chi connectivity index (χ3v) is 8.83. The molecule has 35 heavy (non-hydrogen) atoms. The molecule has 2 aromatic heterocycles. The predicted octanol–water partition coefficient (Wildman–Crippen LogP) is 4.02. The van der Waals surface area contributed by atoms with Crippen molar-refractivity contribution in [3.8, 4) is 0 Å². The van der Waals surface area contributed by atoms with Crippen LogP contribution >= 0.6 is 7.60 Å². The minimum atomic E-state index is -3.63. The number of rotatable bonds is 12. The highest BCUT2D eigenvalue weighted by atomic mass is 31.2. The molecule has 0 saturated heterocycles. The number of carbonyl (C=O) groups is 1. The fourth-order valence-corrected chi connectivity index (χ4v) is 6.29. The Balaban J connectivity index is 1.19. The van der Waals surface area contributed by atoms with Gasteiger partial charge in [0, 0.05) is 0 Å². The third kappa shape index (κ3) is 6.02. The Kier molecular flexibility index (Phi) is 7.39. The molecule has 2 aromatic rings. The summed E-state index contributed by atoms with van der Waals surface area (Å²) in [6.45, 7) is 0.446. The summed E-state index contributed by atoms with van der Waals surface area (Å²) >= 11 is 0. The van der Waals surface area contributed by atoms with E-state index in [1.165, 1.54) is 6.33 Å². The number of imidazole rings is 1. The Morgan fingerprint density at radius 2 is 1.83 bits per heavy atom. The number of carbonyl (C=O) groups excluding carboxylic acids is 1. The maximum atomic E-state index is 13.6. The van der Waals surface area contributed by atoms with Gasteiger partial charge in [0.1, 0.15) is 18.2 Å². The minimum absolute atomic E-state index is 0.0915. The lowest BCUT2D eigenvalue weighted by Crippen LogP contribution is -2.24. The van der Waals surface area contributed by atoms with Crippen LogP contribution in [0.5, 0.6) is 0 Å². The lowest BCUT2D eigenvalue weighted by Gasteiger charge is -2.24. The van der Waals surface area contributed by atoms with Gasteiger partial charge >= 0.3 is 13.6 Å². The van der Waals surface area contributed by atoms with Gasteiger partial charge in [0.15, 0.2) is 11.5 Å². The topological polar surface area (TPSA) is 141 Å². The van der Waals surface area contributed by atoms with Crippen LogP contribution in [0.2, 0.25) is 0 Å². The van der Waals surface area contributed by atoms with E-state index in [9.17, 15) is 9.36 Å². The molecule has 0 radical (unpaired) electrons. The van der Waals surface area contributed by atoms with Gasteiger partial charge in [-0.3, -0.25) is 13.9 Å². The van der Waals surface area contributed by atoms with Gasteiger partial charge in [0.05, 0.1) is 31.0 Å². The Hall–Kier alpha value is -2.07. The molecule has 0 aromatic carbocycles. The van der Waals surface area contributed by atoms with Crippen molar-refractivity contribution in [3.63, 3.8) is 0 Å². The highest BCUT2D eigenvalue weighted by Crippen LogP contribution is 2.53. The van der Waals surface area contributed by atoms with Gasteiger partial charge in [0.2, 0.25) is 6.79 Å². The van der Waals surface area contributed by atoms with E-state index in [4.69, 9.17) is 24.3 Å². The zero-order valence-electron chi connectivity index (χ0n) is 20.0. The van der Waals surface area contributed by atoms with E-state index < -0.39 is 20.0 Å². The second-order valence-corrected chi connectivity index (χ2v) is 12.0. The van der Waals surface area contributed by atoms with Gasteiger partial charge in [-0.2, -0.15) is 0 Å². The van der Waals surface area contributed by atoms with Crippen LogP contribution in [0, 0.1) is 11.8 Å². The number of nitrogen functional groups attached to an aromatic ring is 1. The molecular weight excluding hydrogens is 473 g/mol. The first-order chi connectivity index (χ1) is 17.0. The predicted molar refractivity (Wildman–Crippen MR) is 127 cm³/mol. The number of ether oxygens (including phenoxy) is 2. The van der Waals surface area contributed by atoms with Crippen molar-refractivity contribution in [1.82, 2.24) is 19.5 Å². The summed E-state index contributed by atoms with van der Waals surface area (Å²) < 4.78 is 38.3. The fraction of sp³-hybridized carbons (Fsp3) is 0.739. The number of hydrogen-bond donors (Lipinski definition) is 1. The van der Waals surface area contributed by atoms with Gasteiger partial charge in [-0.1, -0.05) is 25.7 Å². The molecule has 2 N–H and O–H groups in total. The van der Waals surface area contributed by atoms with Crippen LogP contribution in [0.3, 0.4) is 0 Å². The van der Waals surface area contributed by atoms with E-state index in [0.717, 1.165) is 64.2 Å². The Morgan fingerprint density at radius 3 is 2.57 bits per heavy atom. The molecule has 3 saturated carbocycles. The molecule has 0 bridgehead atoms. The van der Waals surface area contributed by atoms with Gasteiger partial charge in [-0.15, -0.1) is 0 Å². The highest BCUT2D eigenvalue weighted by Gasteiger charge is 2.47.